The highest BCUT2D eigenvalue weighted by atomic mass is 32.2. The van der Waals surface area contributed by atoms with Gasteiger partial charge in [-0.25, -0.2) is 22.3 Å². The molecule has 0 spiro atoms. The van der Waals surface area contributed by atoms with Crippen molar-refractivity contribution < 1.29 is 21.6 Å². The molecule has 8 heteroatoms. The van der Waals surface area contributed by atoms with Gasteiger partial charge in [-0.15, -0.1) is 0 Å². The lowest BCUT2D eigenvalue weighted by molar-refractivity contribution is 0.419. The van der Waals surface area contributed by atoms with E-state index in [2.05, 4.69) is 5.32 Å². The fraction of sp³-hybridized carbons (Fsp3) is 0.0909. The van der Waals surface area contributed by atoms with Crippen molar-refractivity contribution in [1.29, 1.82) is 0 Å². The first-order valence-corrected chi connectivity index (χ1v) is 6.71. The highest BCUT2D eigenvalue weighted by molar-refractivity contribution is 7.89. The quantitative estimate of drug-likeness (QED) is 0.898. The van der Waals surface area contributed by atoms with Crippen molar-refractivity contribution in [3.05, 3.63) is 47.7 Å². The molecular formula is C11H10F2N2O3S. The van der Waals surface area contributed by atoms with Gasteiger partial charge in [0.15, 0.2) is 0 Å². The molecule has 0 saturated carbocycles. The Morgan fingerprint density at radius 2 is 1.79 bits per heavy atom. The maximum absolute atomic E-state index is 12.9. The van der Waals surface area contributed by atoms with E-state index in [9.17, 15) is 17.2 Å². The molecule has 2 rings (SSSR count). The summed E-state index contributed by atoms with van der Waals surface area (Å²) in [4.78, 5) is 0. The Bertz CT molecular complexity index is 677. The van der Waals surface area contributed by atoms with Gasteiger partial charge in [-0.2, -0.15) is 0 Å². The van der Waals surface area contributed by atoms with E-state index in [0.29, 0.717) is 0 Å². The maximum atomic E-state index is 12.9. The fourth-order valence-electron chi connectivity index (χ4n) is 1.45. The minimum Gasteiger partial charge on any atom is -0.446 e. The van der Waals surface area contributed by atoms with Gasteiger partial charge in [0.1, 0.15) is 17.4 Å². The van der Waals surface area contributed by atoms with Crippen LogP contribution < -0.4 is 10.5 Å². The highest BCUT2D eigenvalue weighted by Gasteiger charge is 2.13. The summed E-state index contributed by atoms with van der Waals surface area (Å²) in [6.45, 7) is 0.0679. The van der Waals surface area contributed by atoms with Gasteiger partial charge in [-0.05, 0) is 24.3 Å². The second-order valence-electron chi connectivity index (χ2n) is 3.78. The summed E-state index contributed by atoms with van der Waals surface area (Å²) in [6, 6.07) is 5.57. The zero-order chi connectivity index (χ0) is 14.0. The number of rotatable bonds is 4. The molecule has 102 valence electrons. The monoisotopic (exact) mass is 288 g/mol. The fourth-order valence-corrected chi connectivity index (χ4v) is 1.93. The summed E-state index contributed by atoms with van der Waals surface area (Å²) in [5, 5.41) is 7.21. The van der Waals surface area contributed by atoms with Gasteiger partial charge >= 0.3 is 0 Å². The topological polar surface area (TPSA) is 85.3 Å². The van der Waals surface area contributed by atoms with E-state index in [1.807, 2.05) is 0 Å². The molecular weight excluding hydrogens is 278 g/mol. The molecule has 0 aliphatic carbocycles. The Balaban J connectivity index is 2.08. The van der Waals surface area contributed by atoms with Crippen molar-refractivity contribution in [2.75, 3.05) is 5.32 Å². The van der Waals surface area contributed by atoms with Gasteiger partial charge < -0.3 is 9.73 Å². The first kappa shape index (κ1) is 13.5. The summed E-state index contributed by atoms with van der Waals surface area (Å²) in [7, 11) is -3.89. The van der Waals surface area contributed by atoms with Crippen LogP contribution in [-0.4, -0.2) is 8.42 Å². The summed E-state index contributed by atoms with van der Waals surface area (Å²) >= 11 is 0. The lowest BCUT2D eigenvalue weighted by atomic mass is 10.3. The average molecular weight is 288 g/mol. The second-order valence-corrected chi connectivity index (χ2v) is 5.27. The highest BCUT2D eigenvalue weighted by Crippen LogP contribution is 2.16. The third-order valence-corrected chi connectivity index (χ3v) is 3.03. The Morgan fingerprint density at radius 1 is 1.16 bits per heavy atom. The molecule has 2 aromatic rings. The van der Waals surface area contributed by atoms with Crippen LogP contribution in [0.3, 0.4) is 0 Å². The first-order chi connectivity index (χ1) is 8.84. The Kier molecular flexibility index (Phi) is 3.54. The number of sulfonamides is 1. The summed E-state index contributed by atoms with van der Waals surface area (Å²) < 4.78 is 52.7. The number of nitrogens with two attached hydrogens (primary N) is 1. The van der Waals surface area contributed by atoms with E-state index >= 15 is 0 Å². The molecule has 19 heavy (non-hydrogen) atoms. The van der Waals surface area contributed by atoms with Crippen LogP contribution in [0.2, 0.25) is 0 Å². The predicted octanol–water partition coefficient (Wildman–Crippen LogP) is 1.82. The molecule has 0 radical (unpaired) electrons. The standard InChI is InChI=1S/C11H10F2N2O3S/c12-7-3-8(13)5-9(4-7)15-6-10-1-2-11(18-10)19(14,16)17/h1-5,15H,6H2,(H2,14,16,17). The third-order valence-electron chi connectivity index (χ3n) is 2.25. The number of nitrogens with one attached hydrogen (secondary N) is 1. The smallest absolute Gasteiger partial charge is 0.271 e. The van der Waals surface area contributed by atoms with Crippen LogP contribution in [0.25, 0.3) is 0 Å². The molecule has 1 aromatic heterocycles. The van der Waals surface area contributed by atoms with Crippen LogP contribution >= 0.6 is 0 Å². The average Bonchev–Trinajstić information content (AvgIpc) is 2.73. The largest absolute Gasteiger partial charge is 0.446 e. The number of primary sulfonamides is 1. The number of benzene rings is 1. The molecule has 3 N–H and O–H groups in total. The van der Waals surface area contributed by atoms with Crippen molar-refractivity contribution in [3.8, 4) is 0 Å². The summed E-state index contributed by atoms with van der Waals surface area (Å²) in [6.07, 6.45) is 0. The SMILES string of the molecule is NS(=O)(=O)c1ccc(CNc2cc(F)cc(F)c2)o1. The molecule has 0 fully saturated rings. The van der Waals surface area contributed by atoms with Crippen LogP contribution in [0.4, 0.5) is 14.5 Å². The van der Waals surface area contributed by atoms with E-state index in [-0.39, 0.29) is 23.1 Å². The van der Waals surface area contributed by atoms with E-state index in [1.54, 1.807) is 0 Å². The Hall–Kier alpha value is -1.93. The lowest BCUT2D eigenvalue weighted by Crippen LogP contribution is -2.10. The van der Waals surface area contributed by atoms with Crippen LogP contribution in [0, 0.1) is 11.6 Å². The molecule has 0 bridgehead atoms. The predicted molar refractivity (Wildman–Crippen MR) is 63.8 cm³/mol. The van der Waals surface area contributed by atoms with Crippen LogP contribution in [0.1, 0.15) is 5.76 Å². The molecule has 0 saturated heterocycles. The van der Waals surface area contributed by atoms with Gasteiger partial charge in [0.2, 0.25) is 5.09 Å². The Labute approximate surface area is 108 Å². The maximum Gasteiger partial charge on any atom is 0.271 e. The van der Waals surface area contributed by atoms with Gasteiger partial charge in [-0.1, -0.05) is 0 Å². The van der Waals surface area contributed by atoms with Crippen LogP contribution in [0.15, 0.2) is 39.8 Å². The van der Waals surface area contributed by atoms with Gasteiger partial charge in [0, 0.05) is 11.8 Å². The lowest BCUT2D eigenvalue weighted by Gasteiger charge is -2.04. The normalized spacial score (nSPS) is 11.5. The zero-order valence-electron chi connectivity index (χ0n) is 9.56. The third kappa shape index (κ3) is 3.52. The first-order valence-electron chi connectivity index (χ1n) is 5.16. The molecule has 0 amide bonds. The number of anilines is 1. The number of furan rings is 1. The van der Waals surface area contributed by atoms with Crippen LogP contribution in [0.5, 0.6) is 0 Å². The molecule has 0 unspecified atom stereocenters. The van der Waals surface area contributed by atoms with Crippen molar-refractivity contribution in [2.45, 2.75) is 11.6 Å². The van der Waals surface area contributed by atoms with Crippen LogP contribution in [-0.2, 0) is 16.6 Å². The molecule has 1 aromatic carbocycles. The Morgan fingerprint density at radius 3 is 2.32 bits per heavy atom. The van der Waals surface area contributed by atoms with E-state index in [1.165, 1.54) is 12.1 Å². The molecule has 0 atom stereocenters. The number of hydrogen-bond acceptors (Lipinski definition) is 4. The molecule has 1 heterocycles. The van der Waals surface area contributed by atoms with E-state index < -0.39 is 21.7 Å². The summed E-state index contributed by atoms with van der Waals surface area (Å²) in [5.41, 5.74) is 0.214. The van der Waals surface area contributed by atoms with Crippen molar-refractivity contribution in [2.24, 2.45) is 5.14 Å². The van der Waals surface area contributed by atoms with E-state index in [0.717, 1.165) is 18.2 Å². The van der Waals surface area contributed by atoms with Gasteiger partial charge in [0.05, 0.1) is 6.54 Å². The van der Waals surface area contributed by atoms with Crippen molar-refractivity contribution >= 4 is 15.7 Å². The van der Waals surface area contributed by atoms with Gasteiger partial charge in [0.25, 0.3) is 10.0 Å². The molecule has 0 aliphatic heterocycles. The summed E-state index contributed by atoms with van der Waals surface area (Å²) in [5.74, 6) is -1.16. The molecule has 0 aliphatic rings. The number of halogens is 2. The van der Waals surface area contributed by atoms with E-state index in [4.69, 9.17) is 9.56 Å². The van der Waals surface area contributed by atoms with Crippen molar-refractivity contribution in [1.82, 2.24) is 0 Å². The van der Waals surface area contributed by atoms with Gasteiger partial charge in [-0.3, -0.25) is 0 Å². The van der Waals surface area contributed by atoms with Crippen molar-refractivity contribution in [3.63, 3.8) is 0 Å². The number of hydrogen-bond donors (Lipinski definition) is 2. The molecule has 5 nitrogen and oxygen atoms in total. The second kappa shape index (κ2) is 4.98. The minimum absolute atomic E-state index is 0.0679. The minimum atomic E-state index is -3.89. The zero-order valence-corrected chi connectivity index (χ0v) is 10.4.